The fraction of sp³-hybridized carbons (Fsp3) is 0.286. The molecule has 13 heavy (non-hydrogen) atoms. The Morgan fingerprint density at radius 1 is 1.38 bits per heavy atom. The van der Waals surface area contributed by atoms with E-state index in [1.54, 1.807) is 6.92 Å². The smallest absolute Gasteiger partial charge is 0.330 e. The average molecular weight is 235 g/mol. The molecule has 0 atom stereocenters. The van der Waals surface area contributed by atoms with Gasteiger partial charge in [0, 0.05) is 38.1 Å². The summed E-state index contributed by atoms with van der Waals surface area (Å²) in [5.74, 6) is -1.86. The second-order valence-corrected chi connectivity index (χ2v) is 2.12. The molecule has 66 valence electrons. The van der Waals surface area contributed by atoms with Gasteiger partial charge in [0.05, 0.1) is 0 Å². The van der Waals surface area contributed by atoms with Crippen molar-refractivity contribution in [3.63, 3.8) is 0 Å². The largest absolute Gasteiger partial charge is 0.332 e. The molecule has 0 N–H and O–H groups in total. The summed E-state index contributed by atoms with van der Waals surface area (Å²) in [5, 5.41) is 0.436. The second-order valence-electron chi connectivity index (χ2n) is 2.12. The molecule has 1 aliphatic rings. The number of carbonyl (C=O) groups is 3. The van der Waals surface area contributed by atoms with E-state index in [0.29, 0.717) is 5.06 Å². The van der Waals surface area contributed by atoms with E-state index < -0.39 is 17.8 Å². The number of hydroxylamine groups is 2. The van der Waals surface area contributed by atoms with Gasteiger partial charge in [-0.2, -0.15) is 0 Å². The quantitative estimate of drug-likeness (QED) is 0.489. The number of nitrogens with zero attached hydrogens (tertiary/aromatic N) is 1. The number of hydrogen-bond donors (Lipinski definition) is 0. The molecule has 0 aromatic carbocycles. The van der Waals surface area contributed by atoms with Gasteiger partial charge < -0.3 is 4.84 Å². The van der Waals surface area contributed by atoms with Crippen LogP contribution >= 0.6 is 0 Å². The molecule has 5 nitrogen and oxygen atoms in total. The van der Waals surface area contributed by atoms with Crippen LogP contribution in [0.1, 0.15) is 13.3 Å². The van der Waals surface area contributed by atoms with Crippen LogP contribution in [0.3, 0.4) is 0 Å². The van der Waals surface area contributed by atoms with Crippen molar-refractivity contribution in [2.75, 3.05) is 0 Å². The topological polar surface area (TPSA) is 63.7 Å². The molecular weight excluding hydrogens is 227 g/mol. The van der Waals surface area contributed by atoms with Crippen molar-refractivity contribution in [3.05, 3.63) is 12.2 Å². The fourth-order valence-corrected chi connectivity index (χ4v) is 0.643. The predicted molar refractivity (Wildman–Crippen MR) is 37.4 cm³/mol. The summed E-state index contributed by atoms with van der Waals surface area (Å²) in [4.78, 5) is 36.6. The van der Waals surface area contributed by atoms with E-state index in [2.05, 4.69) is 4.84 Å². The monoisotopic (exact) mass is 233 g/mol. The van der Waals surface area contributed by atoms with Gasteiger partial charge in [0.1, 0.15) is 0 Å². The Morgan fingerprint density at radius 2 is 1.85 bits per heavy atom. The zero-order valence-corrected chi connectivity index (χ0v) is 10.1. The minimum atomic E-state index is -0.623. The molecule has 0 spiro atoms. The van der Waals surface area contributed by atoms with Gasteiger partial charge in [-0.25, -0.2) is 4.79 Å². The molecule has 0 unspecified atom stereocenters. The van der Waals surface area contributed by atoms with Crippen molar-refractivity contribution < 1.29 is 38.7 Å². The number of carbonyl (C=O) groups excluding carboxylic acids is 3. The van der Waals surface area contributed by atoms with Gasteiger partial charge in [0.15, 0.2) is 0 Å². The van der Waals surface area contributed by atoms with Crippen LogP contribution in [0.15, 0.2) is 12.2 Å². The first kappa shape index (κ1) is 12.0. The Kier molecular flexibility index (Phi) is 4.48. The molecule has 0 saturated carbocycles. The van der Waals surface area contributed by atoms with Crippen molar-refractivity contribution in [2.24, 2.45) is 0 Å². The zero-order valence-electron chi connectivity index (χ0n) is 7.15. The summed E-state index contributed by atoms with van der Waals surface area (Å²) in [7, 11) is 0. The maximum absolute atomic E-state index is 10.8. The van der Waals surface area contributed by atoms with E-state index in [9.17, 15) is 14.4 Å². The Labute approximate surface area is 87.4 Å². The van der Waals surface area contributed by atoms with Crippen molar-refractivity contribution in [1.82, 2.24) is 5.06 Å². The van der Waals surface area contributed by atoms with Crippen molar-refractivity contribution >= 4 is 17.8 Å². The van der Waals surface area contributed by atoms with Crippen molar-refractivity contribution in [1.29, 1.82) is 0 Å². The molecule has 0 radical (unpaired) electrons. The Morgan fingerprint density at radius 3 is 2.23 bits per heavy atom. The summed E-state index contributed by atoms with van der Waals surface area (Å²) in [5.41, 5.74) is 0. The van der Waals surface area contributed by atoms with Crippen LogP contribution < -0.4 is 0 Å². The summed E-state index contributed by atoms with van der Waals surface area (Å²) in [6.07, 6.45) is 2.22. The third kappa shape index (κ3) is 2.74. The van der Waals surface area contributed by atoms with E-state index in [0.717, 1.165) is 12.2 Å². The van der Waals surface area contributed by atoms with Crippen LogP contribution in [0.2, 0.25) is 0 Å². The number of amides is 2. The molecule has 0 aromatic rings. The van der Waals surface area contributed by atoms with Crippen LogP contribution in [-0.4, -0.2) is 22.8 Å². The maximum atomic E-state index is 10.8. The standard InChI is InChI=1S/C7H7NO4.Zn/c1-2-7(11)12-8-5(9)3-4-6(8)10;/h3-4H,2H2,1H3;. The number of rotatable bonds is 2. The average Bonchev–Trinajstić information content (AvgIpc) is 2.35. The SMILES string of the molecule is CCC(=O)ON1C(=O)C=CC1=O.[Zn]. The molecule has 1 rings (SSSR count). The van der Waals surface area contributed by atoms with Crippen LogP contribution in [0.5, 0.6) is 0 Å². The summed E-state index contributed by atoms with van der Waals surface area (Å²) in [6.45, 7) is 1.57. The summed E-state index contributed by atoms with van der Waals surface area (Å²) < 4.78 is 0. The first-order valence-corrected chi connectivity index (χ1v) is 3.42. The molecule has 6 heteroatoms. The first-order valence-electron chi connectivity index (χ1n) is 3.42. The van der Waals surface area contributed by atoms with E-state index >= 15 is 0 Å². The second kappa shape index (κ2) is 4.87. The first-order chi connectivity index (χ1) is 5.65. The van der Waals surface area contributed by atoms with Crippen molar-refractivity contribution in [2.45, 2.75) is 13.3 Å². The molecule has 0 aliphatic carbocycles. The summed E-state index contributed by atoms with van der Waals surface area (Å²) >= 11 is 0. The third-order valence-corrected chi connectivity index (χ3v) is 1.25. The van der Waals surface area contributed by atoms with Crippen LogP contribution in [-0.2, 0) is 38.7 Å². The Hall–Kier alpha value is -1.03. The number of imide groups is 1. The maximum Gasteiger partial charge on any atom is 0.332 e. The van der Waals surface area contributed by atoms with Crippen LogP contribution in [0.4, 0.5) is 0 Å². The third-order valence-electron chi connectivity index (χ3n) is 1.25. The molecule has 1 aliphatic heterocycles. The Bertz CT molecular complexity index is 256. The molecular formula is C7H7NO4Zn. The van der Waals surface area contributed by atoms with E-state index in [-0.39, 0.29) is 25.9 Å². The Balaban J connectivity index is 0.00000144. The minimum Gasteiger partial charge on any atom is -0.330 e. The normalized spacial score (nSPS) is 14.4. The van der Waals surface area contributed by atoms with Gasteiger partial charge in [-0.15, -0.1) is 0 Å². The molecule has 1 heterocycles. The number of hydrogen-bond acceptors (Lipinski definition) is 4. The fourth-order valence-electron chi connectivity index (χ4n) is 0.643. The van der Waals surface area contributed by atoms with E-state index in [1.807, 2.05) is 0 Å². The van der Waals surface area contributed by atoms with E-state index in [4.69, 9.17) is 0 Å². The van der Waals surface area contributed by atoms with Gasteiger partial charge >= 0.3 is 5.97 Å². The molecule has 0 aromatic heterocycles. The molecule has 0 bridgehead atoms. The molecule has 0 saturated heterocycles. The van der Waals surface area contributed by atoms with Gasteiger partial charge in [-0.3, -0.25) is 9.59 Å². The van der Waals surface area contributed by atoms with Crippen LogP contribution in [0, 0.1) is 0 Å². The predicted octanol–water partition coefficient (Wildman–Crippen LogP) is -0.223. The summed E-state index contributed by atoms with van der Waals surface area (Å²) in [6, 6.07) is 0. The van der Waals surface area contributed by atoms with E-state index in [1.165, 1.54) is 0 Å². The van der Waals surface area contributed by atoms with Crippen LogP contribution in [0.25, 0.3) is 0 Å². The van der Waals surface area contributed by atoms with Gasteiger partial charge in [0.25, 0.3) is 11.8 Å². The van der Waals surface area contributed by atoms with Gasteiger partial charge in [0.2, 0.25) is 0 Å². The zero-order chi connectivity index (χ0) is 9.14. The van der Waals surface area contributed by atoms with Gasteiger partial charge in [-0.1, -0.05) is 12.0 Å². The van der Waals surface area contributed by atoms with Gasteiger partial charge in [-0.05, 0) is 0 Å². The molecule has 2 amide bonds. The minimum absolute atomic E-state index is 0. The molecule has 0 fully saturated rings. The van der Waals surface area contributed by atoms with Crippen molar-refractivity contribution in [3.8, 4) is 0 Å².